The lowest BCUT2D eigenvalue weighted by molar-refractivity contribution is -0.137. The van der Waals surface area contributed by atoms with Gasteiger partial charge in [-0.15, -0.1) is 4.28 Å². The van der Waals surface area contributed by atoms with E-state index in [9.17, 15) is 23.1 Å². The van der Waals surface area contributed by atoms with Gasteiger partial charge in [-0.3, -0.25) is 14.5 Å². The topological polar surface area (TPSA) is 123 Å². The van der Waals surface area contributed by atoms with Crippen LogP contribution in [-0.2, 0) is 23.9 Å². The summed E-state index contributed by atoms with van der Waals surface area (Å²) in [6.45, 7) is 8.14. The van der Waals surface area contributed by atoms with Crippen LogP contribution in [0.25, 0.3) is 10.8 Å². The van der Waals surface area contributed by atoms with E-state index in [2.05, 4.69) is 4.90 Å². The number of carbonyl (C=O) groups is 2. The highest BCUT2D eigenvalue weighted by Gasteiger charge is 2.65. The number of morpholine rings is 1. The van der Waals surface area contributed by atoms with E-state index in [1.165, 1.54) is 0 Å². The Morgan fingerprint density at radius 1 is 1.13 bits per heavy atom. The van der Waals surface area contributed by atoms with Gasteiger partial charge >= 0.3 is 0 Å². The molecule has 2 bridgehead atoms. The minimum atomic E-state index is -4.39. The summed E-state index contributed by atoms with van der Waals surface area (Å²) in [5.74, 6) is -0.655. The minimum absolute atomic E-state index is 0.0716. The van der Waals surface area contributed by atoms with Crippen molar-refractivity contribution >= 4 is 32.6 Å². The number of hydrogen-bond acceptors (Lipinski definition) is 9. The predicted octanol–water partition coefficient (Wildman–Crippen LogP) is 2.65. The normalized spacial score (nSPS) is 28.4. The van der Waals surface area contributed by atoms with Gasteiger partial charge in [-0.2, -0.15) is 13.5 Å². The molecule has 3 atom stereocenters. The Kier molecular flexibility index (Phi) is 6.50. The van der Waals surface area contributed by atoms with E-state index in [0.29, 0.717) is 59.8 Å². The maximum absolute atomic E-state index is 13.5. The van der Waals surface area contributed by atoms with Crippen molar-refractivity contribution in [3.8, 4) is 5.75 Å². The fourth-order valence-corrected chi connectivity index (χ4v) is 8.75. The van der Waals surface area contributed by atoms with Crippen molar-refractivity contribution in [3.63, 3.8) is 0 Å². The second-order valence-corrected chi connectivity index (χ2v) is 13.2. The molecule has 3 fully saturated rings. The molecule has 10 nitrogen and oxygen atoms in total. The summed E-state index contributed by atoms with van der Waals surface area (Å²) >= 11 is 0. The Balaban J connectivity index is 1.23. The Bertz CT molecular complexity index is 1430. The molecule has 1 N–H and O–H groups in total. The number of benzene rings is 2. The molecule has 3 unspecified atom stereocenters. The zero-order valence-corrected chi connectivity index (χ0v) is 23.0. The molecule has 2 aromatic rings. The maximum atomic E-state index is 13.5. The van der Waals surface area contributed by atoms with Crippen molar-refractivity contribution < 1.29 is 36.9 Å². The molecule has 0 spiro atoms. The molecule has 2 aromatic carbocycles. The van der Waals surface area contributed by atoms with Crippen LogP contribution in [0.1, 0.15) is 55.3 Å². The molecule has 1 amide bonds. The van der Waals surface area contributed by atoms with Gasteiger partial charge in [-0.05, 0) is 36.3 Å². The number of ketones is 1. The lowest BCUT2D eigenvalue weighted by Gasteiger charge is -2.37. The largest absolute Gasteiger partial charge is 0.492 e. The number of nitrogens with zero attached hydrogens (tertiary/aromatic N) is 2. The molecule has 4 aliphatic rings. The molecule has 2 aliphatic carbocycles. The number of hydrogen-bond donors (Lipinski definition) is 1. The van der Waals surface area contributed by atoms with Gasteiger partial charge in [0.25, 0.3) is 16.0 Å². The molecular formula is C28H34N2O8S. The van der Waals surface area contributed by atoms with Crippen LogP contribution in [-0.4, -0.2) is 80.4 Å². The Labute approximate surface area is 227 Å². The molecule has 1 saturated heterocycles. The predicted molar refractivity (Wildman–Crippen MR) is 141 cm³/mol. The third-order valence-corrected chi connectivity index (χ3v) is 10.7. The quantitative estimate of drug-likeness (QED) is 0.521. The Hall–Kier alpha value is -2.57. The minimum Gasteiger partial charge on any atom is -0.492 e. The fourth-order valence-electron chi connectivity index (χ4n) is 7.03. The first kappa shape index (κ1) is 26.6. The Morgan fingerprint density at radius 3 is 2.59 bits per heavy atom. The van der Waals surface area contributed by atoms with Crippen LogP contribution < -0.4 is 4.74 Å². The van der Waals surface area contributed by atoms with E-state index in [1.54, 1.807) is 24.3 Å². The molecule has 2 aliphatic heterocycles. The van der Waals surface area contributed by atoms with Crippen LogP contribution in [0.15, 0.2) is 30.3 Å². The molecule has 210 valence electrons. The van der Waals surface area contributed by atoms with E-state index >= 15 is 0 Å². The highest BCUT2D eigenvalue weighted by atomic mass is 32.2. The van der Waals surface area contributed by atoms with Crippen LogP contribution in [0.4, 0.5) is 0 Å². The average Bonchev–Trinajstić information content (AvgIpc) is 3.25. The fraction of sp³-hybridized carbons (Fsp3) is 0.571. The van der Waals surface area contributed by atoms with Crippen LogP contribution in [0.5, 0.6) is 5.75 Å². The third kappa shape index (κ3) is 4.26. The molecule has 6 rings (SSSR count). The Morgan fingerprint density at radius 2 is 1.90 bits per heavy atom. The first-order chi connectivity index (χ1) is 18.5. The van der Waals surface area contributed by atoms with Gasteiger partial charge in [0.2, 0.25) is 0 Å². The van der Waals surface area contributed by atoms with Gasteiger partial charge in [0, 0.05) is 42.4 Å². The summed E-state index contributed by atoms with van der Waals surface area (Å²) in [5.41, 5.74) is -0.988. The number of aliphatic hydroxyl groups is 1. The maximum Gasteiger partial charge on any atom is 0.289 e. The van der Waals surface area contributed by atoms with Crippen LogP contribution in [0.2, 0.25) is 0 Å². The standard InChI is InChI=1S/C28H34N2O8S/c1-27(2)18-8-9-28(27,23(31)16-18)17-39(34,35)38-30-25(32)20-5-3-4-19-22(7-6-21(24(19)20)26(30)33)37-15-12-29-10-13-36-14-11-29/h3-7,18,26,33H,8-17H2,1-2H3. The lowest BCUT2D eigenvalue weighted by Crippen LogP contribution is -2.46. The molecule has 2 heterocycles. The van der Waals surface area contributed by atoms with Gasteiger partial charge < -0.3 is 14.6 Å². The number of Topliss-reactive ketones (excluding diaryl/α,β-unsaturated/α-hetero) is 1. The summed E-state index contributed by atoms with van der Waals surface area (Å²) < 4.78 is 43.4. The van der Waals surface area contributed by atoms with E-state index < -0.39 is 38.8 Å². The van der Waals surface area contributed by atoms with Gasteiger partial charge in [0.1, 0.15) is 18.1 Å². The van der Waals surface area contributed by atoms with E-state index in [0.717, 1.165) is 26.1 Å². The number of ether oxygens (including phenoxy) is 2. The number of carbonyl (C=O) groups excluding carboxylic acids is 2. The van der Waals surface area contributed by atoms with Gasteiger partial charge in [0.05, 0.1) is 29.9 Å². The van der Waals surface area contributed by atoms with Gasteiger partial charge in [0.15, 0.2) is 6.23 Å². The average molecular weight is 559 g/mol. The smallest absolute Gasteiger partial charge is 0.289 e. The zero-order chi connectivity index (χ0) is 27.6. The van der Waals surface area contributed by atoms with Crippen molar-refractivity contribution in [1.82, 2.24) is 9.96 Å². The molecule has 39 heavy (non-hydrogen) atoms. The van der Waals surface area contributed by atoms with Crippen LogP contribution in [0.3, 0.4) is 0 Å². The molecule has 0 radical (unpaired) electrons. The SMILES string of the molecule is CC1(C)C2CCC1(CS(=O)(=O)ON1C(=O)c3cccc4c(OCCN5CCOCC5)ccc(c34)C1O)C(=O)C2. The summed E-state index contributed by atoms with van der Waals surface area (Å²) in [6.07, 6.45) is -0.0293. The zero-order valence-electron chi connectivity index (χ0n) is 22.2. The highest BCUT2D eigenvalue weighted by Crippen LogP contribution is 2.64. The molecular weight excluding hydrogens is 524 g/mol. The molecule has 11 heteroatoms. The number of fused-ring (bicyclic) bond motifs is 2. The summed E-state index contributed by atoms with van der Waals surface area (Å²) in [4.78, 5) is 28.6. The van der Waals surface area contributed by atoms with Crippen molar-refractivity contribution in [2.24, 2.45) is 16.7 Å². The van der Waals surface area contributed by atoms with Crippen molar-refractivity contribution in [2.75, 3.05) is 45.2 Å². The van der Waals surface area contributed by atoms with Crippen molar-refractivity contribution in [1.29, 1.82) is 0 Å². The van der Waals surface area contributed by atoms with Crippen molar-refractivity contribution in [2.45, 2.75) is 39.3 Å². The highest BCUT2D eigenvalue weighted by molar-refractivity contribution is 7.86. The van der Waals surface area contributed by atoms with E-state index in [1.807, 2.05) is 19.9 Å². The third-order valence-electron chi connectivity index (χ3n) is 9.49. The van der Waals surface area contributed by atoms with E-state index in [4.69, 9.17) is 13.8 Å². The second kappa shape index (κ2) is 9.52. The summed E-state index contributed by atoms with van der Waals surface area (Å²) in [7, 11) is -4.39. The monoisotopic (exact) mass is 558 g/mol. The number of rotatable bonds is 8. The first-order valence-corrected chi connectivity index (χ1v) is 15.1. The summed E-state index contributed by atoms with van der Waals surface area (Å²) in [5, 5.41) is 12.8. The number of aliphatic hydroxyl groups excluding tert-OH is 1. The van der Waals surface area contributed by atoms with Crippen molar-refractivity contribution in [3.05, 3.63) is 41.5 Å². The lowest BCUT2D eigenvalue weighted by atomic mass is 9.70. The number of hydroxylamine groups is 2. The van der Waals surface area contributed by atoms with Gasteiger partial charge in [-0.1, -0.05) is 32.0 Å². The first-order valence-electron chi connectivity index (χ1n) is 13.5. The van der Waals surface area contributed by atoms with Gasteiger partial charge in [-0.25, -0.2) is 0 Å². The molecule has 0 aromatic heterocycles. The second-order valence-electron chi connectivity index (χ2n) is 11.6. The van der Waals surface area contributed by atoms with Crippen LogP contribution in [0, 0.1) is 16.7 Å². The summed E-state index contributed by atoms with van der Waals surface area (Å²) in [6, 6.07) is 8.41. The van der Waals surface area contributed by atoms with Crippen LogP contribution >= 0.6 is 0 Å². The van der Waals surface area contributed by atoms with E-state index in [-0.39, 0.29) is 17.3 Å². The molecule has 2 saturated carbocycles. The number of amides is 1.